The summed E-state index contributed by atoms with van der Waals surface area (Å²) in [4.78, 5) is 2.61. The second kappa shape index (κ2) is 3.73. The molecular formula is C9H18N2O. The minimum atomic E-state index is 0.622. The molecule has 12 heavy (non-hydrogen) atoms. The fourth-order valence-electron chi connectivity index (χ4n) is 2.01. The van der Waals surface area contributed by atoms with Gasteiger partial charge in [0.05, 0.1) is 6.61 Å². The summed E-state index contributed by atoms with van der Waals surface area (Å²) >= 11 is 0. The fourth-order valence-corrected chi connectivity index (χ4v) is 2.01. The van der Waals surface area contributed by atoms with Crippen LogP contribution in [0.5, 0.6) is 0 Å². The van der Waals surface area contributed by atoms with Gasteiger partial charge < -0.3 is 10.1 Å². The molecule has 2 rings (SSSR count). The highest BCUT2D eigenvalue weighted by molar-refractivity contribution is 4.91. The highest BCUT2D eigenvalue weighted by Crippen LogP contribution is 2.28. The molecule has 0 spiro atoms. The van der Waals surface area contributed by atoms with Gasteiger partial charge in [0, 0.05) is 38.8 Å². The molecule has 0 radical (unpaired) electrons. The maximum atomic E-state index is 5.21. The van der Waals surface area contributed by atoms with Crippen LogP contribution in [-0.2, 0) is 4.74 Å². The van der Waals surface area contributed by atoms with Gasteiger partial charge in [0.15, 0.2) is 0 Å². The summed E-state index contributed by atoms with van der Waals surface area (Å²) in [5.74, 6) is 0. The van der Waals surface area contributed by atoms with E-state index in [1.54, 1.807) is 7.11 Å². The number of piperazine rings is 1. The molecule has 2 aliphatic rings. The monoisotopic (exact) mass is 170 g/mol. The van der Waals surface area contributed by atoms with Gasteiger partial charge in [-0.15, -0.1) is 0 Å². The smallest absolute Gasteiger partial charge is 0.0630 e. The Morgan fingerprint density at radius 3 is 3.00 bits per heavy atom. The lowest BCUT2D eigenvalue weighted by Crippen LogP contribution is -2.53. The molecule has 70 valence electrons. The molecule has 0 aromatic rings. The quantitative estimate of drug-likeness (QED) is 0.648. The molecule has 0 bridgehead atoms. The molecule has 1 N–H and O–H groups in total. The van der Waals surface area contributed by atoms with Gasteiger partial charge in [-0.05, 0) is 12.8 Å². The van der Waals surface area contributed by atoms with Crippen LogP contribution in [-0.4, -0.2) is 50.3 Å². The van der Waals surface area contributed by atoms with Gasteiger partial charge >= 0.3 is 0 Å². The van der Waals surface area contributed by atoms with Gasteiger partial charge in [0.25, 0.3) is 0 Å². The summed E-state index contributed by atoms with van der Waals surface area (Å²) in [6, 6.07) is 1.50. The second-order valence-corrected chi connectivity index (χ2v) is 3.78. The molecule has 1 heterocycles. The third-order valence-electron chi connectivity index (χ3n) is 2.77. The maximum Gasteiger partial charge on any atom is 0.0630 e. The van der Waals surface area contributed by atoms with E-state index in [9.17, 15) is 0 Å². The van der Waals surface area contributed by atoms with Gasteiger partial charge in [-0.1, -0.05) is 0 Å². The Kier molecular flexibility index (Phi) is 2.63. The van der Waals surface area contributed by atoms with Crippen LogP contribution in [0.3, 0.4) is 0 Å². The first-order valence-electron chi connectivity index (χ1n) is 4.87. The van der Waals surface area contributed by atoms with Crippen LogP contribution in [0.2, 0.25) is 0 Å². The molecule has 1 aliphatic heterocycles. The molecule has 0 aromatic carbocycles. The molecule has 3 heteroatoms. The Labute approximate surface area is 74.1 Å². The molecule has 1 atom stereocenters. The Bertz CT molecular complexity index is 145. The molecule has 1 aliphatic carbocycles. The fraction of sp³-hybridized carbons (Fsp3) is 1.00. The van der Waals surface area contributed by atoms with E-state index in [4.69, 9.17) is 4.74 Å². The summed E-state index contributed by atoms with van der Waals surface area (Å²) in [6.07, 6.45) is 2.81. The largest absolute Gasteiger partial charge is 0.383 e. The first-order valence-corrected chi connectivity index (χ1v) is 4.87. The van der Waals surface area contributed by atoms with Crippen molar-refractivity contribution >= 4 is 0 Å². The molecule has 3 nitrogen and oxygen atoms in total. The number of rotatable bonds is 3. The molecule has 1 saturated heterocycles. The molecule has 0 unspecified atom stereocenters. The van der Waals surface area contributed by atoms with Gasteiger partial charge in [-0.25, -0.2) is 0 Å². The summed E-state index contributed by atoms with van der Waals surface area (Å²) in [6.45, 7) is 4.34. The lowest BCUT2D eigenvalue weighted by atomic mass is 10.2. The van der Waals surface area contributed by atoms with E-state index in [2.05, 4.69) is 10.2 Å². The lowest BCUT2D eigenvalue weighted by molar-refractivity contribution is 0.0684. The third kappa shape index (κ3) is 1.79. The summed E-state index contributed by atoms with van der Waals surface area (Å²) in [7, 11) is 1.79. The Balaban J connectivity index is 1.87. The van der Waals surface area contributed by atoms with Gasteiger partial charge in [0.2, 0.25) is 0 Å². The number of nitrogens with zero attached hydrogens (tertiary/aromatic N) is 1. The number of methoxy groups -OCH3 is 1. The van der Waals surface area contributed by atoms with Crippen molar-refractivity contribution in [3.63, 3.8) is 0 Å². The predicted molar refractivity (Wildman–Crippen MR) is 48.3 cm³/mol. The average Bonchev–Trinajstić information content (AvgIpc) is 2.89. The first-order chi connectivity index (χ1) is 5.92. The standard InChI is InChI=1S/C9H18N2O/c1-12-7-9-6-10-4-5-11(9)8-2-3-8/h8-10H,2-7H2,1H3/t9-/m1/s1. The van der Waals surface area contributed by atoms with Crippen LogP contribution in [0, 0.1) is 0 Å². The maximum absolute atomic E-state index is 5.21. The van der Waals surface area contributed by atoms with Crippen molar-refractivity contribution in [2.75, 3.05) is 33.4 Å². The van der Waals surface area contributed by atoms with E-state index in [1.807, 2.05) is 0 Å². The Morgan fingerprint density at radius 2 is 2.33 bits per heavy atom. The average molecular weight is 170 g/mol. The topological polar surface area (TPSA) is 24.5 Å². The summed E-state index contributed by atoms with van der Waals surface area (Å²) < 4.78 is 5.21. The SMILES string of the molecule is COC[C@H]1CNCCN1C1CC1. The molecule has 0 aromatic heterocycles. The lowest BCUT2D eigenvalue weighted by Gasteiger charge is -2.35. The molecule has 0 amide bonds. The van der Waals surface area contributed by atoms with Crippen LogP contribution >= 0.6 is 0 Å². The van der Waals surface area contributed by atoms with Crippen molar-refractivity contribution in [2.24, 2.45) is 0 Å². The summed E-state index contributed by atoms with van der Waals surface area (Å²) in [5, 5.41) is 3.41. The summed E-state index contributed by atoms with van der Waals surface area (Å²) in [5.41, 5.74) is 0. The predicted octanol–water partition coefficient (Wildman–Crippen LogP) is 0.0690. The Hall–Kier alpha value is -0.120. The van der Waals surface area contributed by atoms with Crippen molar-refractivity contribution in [1.82, 2.24) is 10.2 Å². The van der Waals surface area contributed by atoms with E-state index in [0.29, 0.717) is 6.04 Å². The van der Waals surface area contributed by atoms with Gasteiger partial charge in [-0.3, -0.25) is 4.90 Å². The van der Waals surface area contributed by atoms with E-state index in [-0.39, 0.29) is 0 Å². The van der Waals surface area contributed by atoms with Crippen molar-refractivity contribution in [3.8, 4) is 0 Å². The van der Waals surface area contributed by atoms with E-state index in [0.717, 1.165) is 25.7 Å². The van der Waals surface area contributed by atoms with Crippen LogP contribution < -0.4 is 5.32 Å². The van der Waals surface area contributed by atoms with Gasteiger partial charge in [0.1, 0.15) is 0 Å². The zero-order valence-electron chi connectivity index (χ0n) is 7.75. The van der Waals surface area contributed by atoms with Crippen LogP contribution in [0.4, 0.5) is 0 Å². The highest BCUT2D eigenvalue weighted by Gasteiger charge is 2.34. The number of hydrogen-bond acceptors (Lipinski definition) is 3. The van der Waals surface area contributed by atoms with Crippen LogP contribution in [0.1, 0.15) is 12.8 Å². The molecular weight excluding hydrogens is 152 g/mol. The van der Waals surface area contributed by atoms with Crippen LogP contribution in [0.25, 0.3) is 0 Å². The minimum absolute atomic E-state index is 0.622. The van der Waals surface area contributed by atoms with Crippen LogP contribution in [0.15, 0.2) is 0 Å². The third-order valence-corrected chi connectivity index (χ3v) is 2.77. The highest BCUT2D eigenvalue weighted by atomic mass is 16.5. The Morgan fingerprint density at radius 1 is 1.50 bits per heavy atom. The van der Waals surface area contributed by atoms with Crippen molar-refractivity contribution in [3.05, 3.63) is 0 Å². The number of nitrogens with one attached hydrogen (secondary N) is 1. The van der Waals surface area contributed by atoms with E-state index < -0.39 is 0 Å². The first kappa shape index (κ1) is 8.48. The van der Waals surface area contributed by atoms with E-state index in [1.165, 1.54) is 19.4 Å². The van der Waals surface area contributed by atoms with E-state index >= 15 is 0 Å². The number of ether oxygens (including phenoxy) is 1. The van der Waals surface area contributed by atoms with Crippen molar-refractivity contribution < 1.29 is 4.74 Å². The number of hydrogen-bond donors (Lipinski definition) is 1. The zero-order valence-corrected chi connectivity index (χ0v) is 7.75. The van der Waals surface area contributed by atoms with Crippen molar-refractivity contribution in [2.45, 2.75) is 24.9 Å². The zero-order chi connectivity index (χ0) is 8.39. The minimum Gasteiger partial charge on any atom is -0.383 e. The molecule has 1 saturated carbocycles. The van der Waals surface area contributed by atoms with Gasteiger partial charge in [-0.2, -0.15) is 0 Å². The van der Waals surface area contributed by atoms with Crippen molar-refractivity contribution in [1.29, 1.82) is 0 Å². The second-order valence-electron chi connectivity index (χ2n) is 3.78. The molecule has 2 fully saturated rings. The normalized spacial score (nSPS) is 32.2.